The molecule has 0 heterocycles. The van der Waals surface area contributed by atoms with Crippen LogP contribution in [0.15, 0.2) is 36.4 Å². The molecule has 2 amide bonds. The summed E-state index contributed by atoms with van der Waals surface area (Å²) in [5.74, 6) is -1.34. The van der Waals surface area contributed by atoms with Crippen molar-refractivity contribution in [2.45, 2.75) is 103 Å². The minimum atomic E-state index is -0.895. The summed E-state index contributed by atoms with van der Waals surface area (Å²) in [6.45, 7) is 2.58. The van der Waals surface area contributed by atoms with Crippen LogP contribution in [-0.2, 0) is 25.5 Å². The Morgan fingerprint density at radius 2 is 1.71 bits per heavy atom. The highest BCUT2D eigenvalue weighted by Crippen LogP contribution is 2.18. The molecule has 0 aliphatic heterocycles. The van der Waals surface area contributed by atoms with Gasteiger partial charge >= 0.3 is 5.97 Å². The zero-order valence-electron chi connectivity index (χ0n) is 23.5. The second-order valence-corrected chi connectivity index (χ2v) is 9.92. The summed E-state index contributed by atoms with van der Waals surface area (Å²) in [6.07, 6.45) is 12.8. The molecule has 38 heavy (non-hydrogen) atoms. The lowest BCUT2D eigenvalue weighted by molar-refractivity contribution is -0.142. The molecule has 0 aliphatic carbocycles. The zero-order valence-corrected chi connectivity index (χ0v) is 23.5. The van der Waals surface area contributed by atoms with Crippen LogP contribution in [0.25, 0.3) is 0 Å². The second-order valence-electron chi connectivity index (χ2n) is 9.92. The summed E-state index contributed by atoms with van der Waals surface area (Å²) < 4.78 is 5.84. The van der Waals surface area contributed by atoms with E-state index in [1.165, 1.54) is 30.6 Å². The van der Waals surface area contributed by atoms with Crippen LogP contribution in [0.2, 0.25) is 0 Å². The first-order chi connectivity index (χ1) is 18.2. The van der Waals surface area contributed by atoms with Crippen LogP contribution in [-0.4, -0.2) is 65.8 Å². The Balaban J connectivity index is 2.42. The smallest absolute Gasteiger partial charge is 0.303 e. The van der Waals surface area contributed by atoms with Crippen molar-refractivity contribution >= 4 is 23.5 Å². The van der Waals surface area contributed by atoms with E-state index < -0.39 is 18.2 Å². The highest BCUT2D eigenvalue weighted by molar-refractivity contribution is 5.92. The first-order valence-corrected chi connectivity index (χ1v) is 14.0. The first kappa shape index (κ1) is 33.3. The molecule has 0 fully saturated rings. The van der Waals surface area contributed by atoms with E-state index in [2.05, 4.69) is 12.2 Å². The Morgan fingerprint density at radius 3 is 2.42 bits per heavy atom. The molecule has 2 unspecified atom stereocenters. The number of carbonyl (C=O) groups is 3. The largest absolute Gasteiger partial charge is 0.481 e. The Labute approximate surface area is 228 Å². The minimum Gasteiger partial charge on any atom is -0.481 e. The Morgan fingerprint density at radius 1 is 1.00 bits per heavy atom. The van der Waals surface area contributed by atoms with Crippen molar-refractivity contribution in [3.8, 4) is 0 Å². The number of hydrogen-bond donors (Lipinski definition) is 3. The Hall–Kier alpha value is -2.71. The number of amides is 2. The predicted octanol–water partition coefficient (Wildman–Crippen LogP) is 5.34. The molecule has 0 radical (unpaired) electrons. The quantitative estimate of drug-likeness (QED) is 0.145. The number of anilines is 1. The van der Waals surface area contributed by atoms with Crippen molar-refractivity contribution in [1.82, 2.24) is 4.90 Å². The molecule has 214 valence electrons. The van der Waals surface area contributed by atoms with Crippen LogP contribution in [0, 0.1) is 0 Å². The lowest BCUT2D eigenvalue weighted by Gasteiger charge is -2.21. The molecule has 0 bridgehead atoms. The van der Waals surface area contributed by atoms with Crippen LogP contribution < -0.4 is 5.32 Å². The summed E-state index contributed by atoms with van der Waals surface area (Å²) in [7, 11) is 3.32. The maximum atomic E-state index is 12.6. The maximum absolute atomic E-state index is 12.6. The summed E-state index contributed by atoms with van der Waals surface area (Å²) >= 11 is 0. The molecular weight excluding hydrogens is 484 g/mol. The van der Waals surface area contributed by atoms with E-state index in [-0.39, 0.29) is 31.1 Å². The molecule has 3 N–H and O–H groups in total. The number of aryl methyl sites for hydroxylation is 1. The summed E-state index contributed by atoms with van der Waals surface area (Å²) in [6, 6.07) is 7.12. The normalized spacial score (nSPS) is 12.8. The third-order valence-corrected chi connectivity index (χ3v) is 6.30. The average Bonchev–Trinajstić information content (AvgIpc) is 2.88. The minimum absolute atomic E-state index is 0.0204. The maximum Gasteiger partial charge on any atom is 0.303 e. The molecule has 0 aliphatic rings. The lowest BCUT2D eigenvalue weighted by Crippen LogP contribution is -2.36. The second kappa shape index (κ2) is 20.3. The van der Waals surface area contributed by atoms with Crippen LogP contribution in [0.4, 0.5) is 5.69 Å². The number of unbranched alkanes of at least 4 members (excludes halogenated alkanes) is 6. The van der Waals surface area contributed by atoms with E-state index >= 15 is 0 Å². The number of aliphatic carboxylic acids is 1. The first-order valence-electron chi connectivity index (χ1n) is 14.0. The van der Waals surface area contributed by atoms with Crippen molar-refractivity contribution in [2.75, 3.05) is 26.0 Å². The third-order valence-electron chi connectivity index (χ3n) is 6.30. The van der Waals surface area contributed by atoms with Crippen LogP contribution in [0.1, 0.15) is 89.5 Å². The fourth-order valence-electron chi connectivity index (χ4n) is 4.05. The number of carboxylic acid groups (broad SMARTS) is 1. The van der Waals surface area contributed by atoms with Gasteiger partial charge in [-0.05, 0) is 43.7 Å². The molecule has 8 nitrogen and oxygen atoms in total. The van der Waals surface area contributed by atoms with Gasteiger partial charge in [-0.2, -0.15) is 0 Å². The van der Waals surface area contributed by atoms with Gasteiger partial charge in [-0.3, -0.25) is 14.4 Å². The van der Waals surface area contributed by atoms with Crippen LogP contribution >= 0.6 is 0 Å². The van der Waals surface area contributed by atoms with Crippen molar-refractivity contribution < 1.29 is 29.3 Å². The van der Waals surface area contributed by atoms with E-state index in [1.54, 1.807) is 38.4 Å². The van der Waals surface area contributed by atoms with E-state index in [4.69, 9.17) is 9.84 Å². The molecule has 1 aromatic rings. The third kappa shape index (κ3) is 15.5. The molecule has 1 aromatic carbocycles. The lowest BCUT2D eigenvalue weighted by atomic mass is 10.1. The summed E-state index contributed by atoms with van der Waals surface area (Å²) in [4.78, 5) is 37.5. The molecular formula is C30H48N2O6. The topological polar surface area (TPSA) is 116 Å². The number of ether oxygens (including phenoxy) is 1. The standard InChI is InChI=1S/C30H48N2O6/c1-4-5-6-7-8-10-16-25(33)17-11-9-14-23-38-27(30(37)32(2)3)20-21-28(34)31-26-18-13-12-15-24(26)19-22-29(35)36/h11-13,15,17-18,25,27,33H,4-10,14,16,19-23H2,1-3H3,(H,31,34)(H,35,36)/b17-11+. The van der Waals surface area contributed by atoms with Crippen LogP contribution in [0.3, 0.4) is 0 Å². The van der Waals surface area contributed by atoms with Crippen molar-refractivity contribution in [1.29, 1.82) is 0 Å². The van der Waals surface area contributed by atoms with Gasteiger partial charge in [-0.25, -0.2) is 0 Å². The van der Waals surface area contributed by atoms with Gasteiger partial charge in [0.25, 0.3) is 5.91 Å². The zero-order chi connectivity index (χ0) is 28.2. The fourth-order valence-corrected chi connectivity index (χ4v) is 4.05. The summed E-state index contributed by atoms with van der Waals surface area (Å²) in [5, 5.41) is 21.9. The van der Waals surface area contributed by atoms with Gasteiger partial charge in [0, 0.05) is 39.2 Å². The monoisotopic (exact) mass is 532 g/mol. The molecule has 0 spiro atoms. The van der Waals surface area contributed by atoms with Gasteiger partial charge in [0.15, 0.2) is 0 Å². The Kier molecular flexibility index (Phi) is 17.8. The molecule has 2 atom stereocenters. The van der Waals surface area contributed by atoms with Crippen molar-refractivity contribution in [2.24, 2.45) is 0 Å². The van der Waals surface area contributed by atoms with Gasteiger partial charge in [0.1, 0.15) is 6.10 Å². The average molecular weight is 533 g/mol. The fraction of sp³-hybridized carbons (Fsp3) is 0.633. The number of carbonyl (C=O) groups excluding carboxylic acids is 2. The number of hydrogen-bond acceptors (Lipinski definition) is 5. The number of carboxylic acids is 1. The number of allylic oxidation sites excluding steroid dienone is 1. The number of aliphatic hydroxyl groups is 1. The number of nitrogens with zero attached hydrogens (tertiary/aromatic N) is 1. The number of likely N-dealkylation sites (N-methyl/N-ethyl adjacent to an activating group) is 1. The molecule has 8 heteroatoms. The van der Waals surface area contributed by atoms with E-state index in [9.17, 15) is 19.5 Å². The van der Waals surface area contributed by atoms with Gasteiger partial charge < -0.3 is 25.2 Å². The van der Waals surface area contributed by atoms with E-state index in [0.717, 1.165) is 31.2 Å². The molecule has 0 saturated carbocycles. The number of nitrogens with one attached hydrogen (secondary N) is 1. The van der Waals surface area contributed by atoms with Crippen LogP contribution in [0.5, 0.6) is 0 Å². The molecule has 1 rings (SSSR count). The van der Waals surface area contributed by atoms with Gasteiger partial charge in [-0.15, -0.1) is 0 Å². The number of para-hydroxylation sites is 1. The van der Waals surface area contributed by atoms with Gasteiger partial charge in [0.2, 0.25) is 5.91 Å². The number of aliphatic hydroxyl groups excluding tert-OH is 1. The Bertz CT molecular complexity index is 855. The number of benzene rings is 1. The van der Waals surface area contributed by atoms with Crippen molar-refractivity contribution in [3.63, 3.8) is 0 Å². The number of rotatable bonds is 21. The highest BCUT2D eigenvalue weighted by atomic mass is 16.5. The molecule has 0 saturated heterocycles. The highest BCUT2D eigenvalue weighted by Gasteiger charge is 2.22. The van der Waals surface area contributed by atoms with Gasteiger partial charge in [-0.1, -0.05) is 75.8 Å². The predicted molar refractivity (Wildman–Crippen MR) is 151 cm³/mol. The van der Waals surface area contributed by atoms with E-state index in [0.29, 0.717) is 25.1 Å². The van der Waals surface area contributed by atoms with Crippen molar-refractivity contribution in [3.05, 3.63) is 42.0 Å². The van der Waals surface area contributed by atoms with E-state index in [1.807, 2.05) is 12.2 Å². The van der Waals surface area contributed by atoms with Gasteiger partial charge in [0.05, 0.1) is 6.10 Å². The molecule has 0 aromatic heterocycles. The summed E-state index contributed by atoms with van der Waals surface area (Å²) in [5.41, 5.74) is 1.34. The SMILES string of the molecule is CCCCCCCCC(O)/C=C/CCCOC(CCC(=O)Nc1ccccc1CCC(=O)O)C(=O)N(C)C.